The predicted molar refractivity (Wildman–Crippen MR) is 174 cm³/mol. The number of fused-ring (bicyclic) bond motifs is 3. The zero-order valence-electron chi connectivity index (χ0n) is 27.7. The summed E-state index contributed by atoms with van der Waals surface area (Å²) in [6.07, 6.45) is 7.08. The normalized spacial score (nSPS) is 23.6. The van der Waals surface area contributed by atoms with E-state index in [1.807, 2.05) is 24.3 Å². The molecule has 1 saturated carbocycles. The molecule has 2 aromatic carbocycles. The molecule has 3 amide bonds. The van der Waals surface area contributed by atoms with Crippen molar-refractivity contribution in [2.45, 2.75) is 82.4 Å². The average Bonchev–Trinajstić information content (AvgIpc) is 3.10. The van der Waals surface area contributed by atoms with Crippen LogP contribution in [0.25, 0.3) is 0 Å². The topological polar surface area (TPSA) is 124 Å². The fourth-order valence-corrected chi connectivity index (χ4v) is 6.90. The first-order chi connectivity index (χ1) is 22.8. The van der Waals surface area contributed by atoms with Gasteiger partial charge in [-0.25, -0.2) is 4.79 Å². The highest BCUT2D eigenvalue weighted by Gasteiger charge is 2.41. The number of hydrogen-bond donors (Lipinski definition) is 1. The maximum Gasteiger partial charge on any atom is 0.329 e. The Morgan fingerprint density at radius 2 is 1.66 bits per heavy atom. The number of esters is 1. The van der Waals surface area contributed by atoms with E-state index in [1.54, 1.807) is 44.4 Å². The molecule has 0 radical (unpaired) electrons. The van der Waals surface area contributed by atoms with Crippen molar-refractivity contribution in [2.75, 3.05) is 41.0 Å². The van der Waals surface area contributed by atoms with Crippen LogP contribution >= 0.6 is 0 Å². The zero-order chi connectivity index (χ0) is 33.3. The molecule has 1 N–H and O–H groups in total. The molecule has 5 rings (SSSR count). The molecular weight excluding hydrogens is 602 g/mol. The van der Waals surface area contributed by atoms with Crippen LogP contribution in [0.15, 0.2) is 42.5 Å². The van der Waals surface area contributed by atoms with Crippen molar-refractivity contribution in [3.63, 3.8) is 0 Å². The minimum absolute atomic E-state index is 0.0408. The third-order valence-electron chi connectivity index (χ3n) is 9.56. The number of carbonyl (C=O) groups is 4. The summed E-state index contributed by atoms with van der Waals surface area (Å²) in [6.45, 7) is -0.0672. The third-order valence-corrected chi connectivity index (χ3v) is 9.56. The van der Waals surface area contributed by atoms with E-state index in [0.717, 1.165) is 50.5 Å². The second kappa shape index (κ2) is 16.0. The molecule has 11 nitrogen and oxygen atoms in total. The zero-order valence-corrected chi connectivity index (χ0v) is 27.7. The van der Waals surface area contributed by atoms with Crippen molar-refractivity contribution >= 4 is 23.7 Å². The molecule has 2 aliphatic heterocycles. The van der Waals surface area contributed by atoms with E-state index in [1.165, 1.54) is 4.90 Å². The lowest BCUT2D eigenvalue weighted by atomic mass is 9.82. The number of hydrogen-bond acceptors (Lipinski definition) is 8. The molecule has 254 valence electrons. The van der Waals surface area contributed by atoms with Gasteiger partial charge in [0.2, 0.25) is 11.8 Å². The fraction of sp³-hybridized carbons (Fsp3) is 0.556. The molecule has 0 unspecified atom stereocenters. The number of ether oxygens (including phenoxy) is 4. The van der Waals surface area contributed by atoms with Gasteiger partial charge in [0.1, 0.15) is 23.9 Å². The largest absolute Gasteiger partial charge is 0.493 e. The van der Waals surface area contributed by atoms with Crippen LogP contribution in [-0.2, 0) is 30.3 Å². The Hall–Kier alpha value is -4.28. The number of methoxy groups -OCH3 is 2. The lowest BCUT2D eigenvalue weighted by molar-refractivity contribution is -0.163. The van der Waals surface area contributed by atoms with E-state index < -0.39 is 30.1 Å². The SMILES string of the molecule is COc1ccc(CC[C@H]2OC(=O)[C@@H]3CCCCN3C(=O)[C@@H](C3CCCCC3)NC(=O)CN(C)C(=O)COc3cccc2c3)cc1OC. The molecule has 47 heavy (non-hydrogen) atoms. The number of nitrogens with one attached hydrogen (secondary N) is 1. The summed E-state index contributed by atoms with van der Waals surface area (Å²) < 4.78 is 23.0. The van der Waals surface area contributed by atoms with Crippen LogP contribution in [0.3, 0.4) is 0 Å². The summed E-state index contributed by atoms with van der Waals surface area (Å²) in [5.41, 5.74) is 1.69. The molecule has 1 saturated heterocycles. The van der Waals surface area contributed by atoms with Crippen molar-refractivity contribution in [1.82, 2.24) is 15.1 Å². The highest BCUT2D eigenvalue weighted by atomic mass is 16.5. The Morgan fingerprint density at radius 3 is 2.43 bits per heavy atom. The summed E-state index contributed by atoms with van der Waals surface area (Å²) in [6, 6.07) is 11.3. The highest BCUT2D eigenvalue weighted by molar-refractivity contribution is 5.92. The Morgan fingerprint density at radius 1 is 0.894 bits per heavy atom. The van der Waals surface area contributed by atoms with Gasteiger partial charge in [0.15, 0.2) is 18.1 Å². The molecule has 2 fully saturated rings. The first-order valence-electron chi connectivity index (χ1n) is 16.8. The number of cyclic esters (lactones) is 1. The number of amides is 3. The van der Waals surface area contributed by atoms with Gasteiger partial charge in [0, 0.05) is 13.6 Å². The second-order valence-electron chi connectivity index (χ2n) is 12.8. The molecule has 3 aliphatic rings. The summed E-state index contributed by atoms with van der Waals surface area (Å²) in [5, 5.41) is 2.96. The molecule has 2 heterocycles. The standard InChI is InChI=1S/C36H47N3O8/c1-38-22-32(40)37-34(25-10-5-4-6-11-25)35(42)39-19-8-7-14-28(39)36(43)47-29(26-12-9-13-27(21-26)46-23-33(38)41)17-15-24-16-18-30(44-2)31(20-24)45-3/h9,12-13,16,18,20-21,25,28-29,34H,4-8,10-11,14-15,17,19,22-23H2,1-3H3,(H,37,40)/t28-,29+,34+/m0/s1. The Balaban J connectivity index is 1.46. The number of benzene rings is 2. The molecule has 2 aromatic rings. The maximum absolute atomic E-state index is 14.3. The second-order valence-corrected chi connectivity index (χ2v) is 12.8. The number of likely N-dealkylation sites (N-methyl/N-ethyl adjacent to an activating group) is 1. The first kappa shape index (κ1) is 34.1. The Kier molecular flexibility index (Phi) is 11.6. The van der Waals surface area contributed by atoms with Crippen LogP contribution in [0, 0.1) is 5.92 Å². The average molecular weight is 650 g/mol. The van der Waals surface area contributed by atoms with Crippen LogP contribution in [0.5, 0.6) is 17.2 Å². The van der Waals surface area contributed by atoms with Gasteiger partial charge in [-0.05, 0) is 86.3 Å². The van der Waals surface area contributed by atoms with Crippen LogP contribution in [-0.4, -0.2) is 86.5 Å². The first-order valence-corrected chi connectivity index (χ1v) is 16.8. The molecular formula is C36H47N3O8. The molecule has 2 bridgehead atoms. The smallest absolute Gasteiger partial charge is 0.329 e. The van der Waals surface area contributed by atoms with E-state index in [9.17, 15) is 19.2 Å². The Bertz CT molecular complexity index is 1420. The van der Waals surface area contributed by atoms with Gasteiger partial charge in [-0.15, -0.1) is 0 Å². The minimum Gasteiger partial charge on any atom is -0.493 e. The number of carbonyl (C=O) groups excluding carboxylic acids is 4. The molecule has 11 heteroatoms. The molecule has 1 aliphatic carbocycles. The van der Waals surface area contributed by atoms with E-state index in [-0.39, 0.29) is 30.9 Å². The monoisotopic (exact) mass is 649 g/mol. The summed E-state index contributed by atoms with van der Waals surface area (Å²) in [4.78, 5) is 57.5. The minimum atomic E-state index is -0.775. The van der Waals surface area contributed by atoms with Crippen molar-refractivity contribution < 1.29 is 38.1 Å². The van der Waals surface area contributed by atoms with Gasteiger partial charge in [-0.3, -0.25) is 14.4 Å². The summed E-state index contributed by atoms with van der Waals surface area (Å²) in [5.74, 6) is 0.130. The van der Waals surface area contributed by atoms with Gasteiger partial charge in [-0.1, -0.05) is 37.5 Å². The maximum atomic E-state index is 14.3. The number of aryl methyl sites for hydroxylation is 1. The van der Waals surface area contributed by atoms with E-state index >= 15 is 0 Å². The summed E-state index contributed by atoms with van der Waals surface area (Å²) >= 11 is 0. The third kappa shape index (κ3) is 8.55. The molecule has 0 spiro atoms. The van der Waals surface area contributed by atoms with Crippen molar-refractivity contribution in [2.24, 2.45) is 5.92 Å². The van der Waals surface area contributed by atoms with Crippen LogP contribution in [0.4, 0.5) is 0 Å². The van der Waals surface area contributed by atoms with Crippen molar-refractivity contribution in [3.05, 3.63) is 53.6 Å². The van der Waals surface area contributed by atoms with Gasteiger partial charge < -0.3 is 34.1 Å². The Labute approximate surface area is 276 Å². The van der Waals surface area contributed by atoms with Gasteiger partial charge in [0.25, 0.3) is 5.91 Å². The fourth-order valence-electron chi connectivity index (χ4n) is 6.90. The molecule has 3 atom stereocenters. The van der Waals surface area contributed by atoms with Crippen LogP contribution < -0.4 is 19.5 Å². The quantitative estimate of drug-likeness (QED) is 0.462. The van der Waals surface area contributed by atoms with Gasteiger partial charge in [-0.2, -0.15) is 0 Å². The van der Waals surface area contributed by atoms with E-state index in [2.05, 4.69) is 5.32 Å². The number of rotatable bonds is 6. The molecule has 0 aromatic heterocycles. The van der Waals surface area contributed by atoms with Crippen LogP contribution in [0.2, 0.25) is 0 Å². The van der Waals surface area contributed by atoms with Gasteiger partial charge in [0.05, 0.1) is 20.8 Å². The van der Waals surface area contributed by atoms with E-state index in [0.29, 0.717) is 48.6 Å². The van der Waals surface area contributed by atoms with Crippen molar-refractivity contribution in [1.29, 1.82) is 0 Å². The van der Waals surface area contributed by atoms with Gasteiger partial charge >= 0.3 is 5.97 Å². The van der Waals surface area contributed by atoms with Crippen molar-refractivity contribution in [3.8, 4) is 17.2 Å². The van der Waals surface area contributed by atoms with E-state index in [4.69, 9.17) is 18.9 Å². The predicted octanol–water partition coefficient (Wildman–Crippen LogP) is 4.22. The number of piperidine rings is 1. The van der Waals surface area contributed by atoms with Crippen LogP contribution in [0.1, 0.15) is 75.0 Å². The summed E-state index contributed by atoms with van der Waals surface area (Å²) in [7, 11) is 4.72. The highest BCUT2D eigenvalue weighted by Crippen LogP contribution is 2.33. The lowest BCUT2D eigenvalue weighted by Crippen LogP contribution is -2.59. The number of nitrogens with zero attached hydrogens (tertiary/aromatic N) is 2. The lowest BCUT2D eigenvalue weighted by Gasteiger charge is -2.39.